The summed E-state index contributed by atoms with van der Waals surface area (Å²) in [5, 5.41) is 2.93. The number of imide groups is 1. The lowest BCUT2D eigenvalue weighted by Gasteiger charge is -2.40. The molecule has 1 aromatic carbocycles. The molecule has 0 saturated carbocycles. The molecule has 0 radical (unpaired) electrons. The van der Waals surface area contributed by atoms with Gasteiger partial charge in [-0.3, -0.25) is 24.4 Å². The summed E-state index contributed by atoms with van der Waals surface area (Å²) in [5.41, 5.74) is -4.91. The minimum Gasteiger partial charge on any atom is -0.378 e. The Morgan fingerprint density at radius 2 is 1.26 bits per heavy atom. The number of carbonyl (C=O) groups excluding carboxylic acids is 4. The number of hydrogen-bond donors (Lipinski definition) is 1. The number of anilines is 1. The van der Waals surface area contributed by atoms with Crippen LogP contribution < -0.4 is 10.2 Å². The molecule has 3 fully saturated rings. The molecule has 2 aromatic heterocycles. The number of nitrogens with one attached hydrogen (secondary N) is 1. The van der Waals surface area contributed by atoms with Crippen LogP contribution in [-0.4, -0.2) is 107 Å². The average molecular weight is 713 g/mol. The van der Waals surface area contributed by atoms with Crippen molar-refractivity contribution in [3.05, 3.63) is 83.4 Å². The molecular formula is C34H35F3N6O6S. The molecular weight excluding hydrogens is 677 g/mol. The van der Waals surface area contributed by atoms with Gasteiger partial charge in [0, 0.05) is 67.7 Å². The Bertz CT molecular complexity index is 1690. The van der Waals surface area contributed by atoms with Gasteiger partial charge in [-0.05, 0) is 59.3 Å². The van der Waals surface area contributed by atoms with Crippen LogP contribution in [0.1, 0.15) is 57.5 Å². The van der Waals surface area contributed by atoms with E-state index in [-0.39, 0.29) is 45.3 Å². The summed E-state index contributed by atoms with van der Waals surface area (Å²) in [6.45, 7) is 6.34. The first-order valence-corrected chi connectivity index (χ1v) is 16.9. The number of morpholine rings is 2. The van der Waals surface area contributed by atoms with Gasteiger partial charge in [0.25, 0.3) is 17.7 Å². The van der Waals surface area contributed by atoms with Crippen molar-refractivity contribution in [2.75, 3.05) is 57.5 Å². The van der Waals surface area contributed by atoms with Gasteiger partial charge in [-0.2, -0.15) is 13.2 Å². The molecule has 2 unspecified atom stereocenters. The van der Waals surface area contributed by atoms with E-state index in [2.05, 4.69) is 15.3 Å². The van der Waals surface area contributed by atoms with Crippen molar-refractivity contribution in [3.63, 3.8) is 0 Å². The van der Waals surface area contributed by atoms with Crippen molar-refractivity contribution in [1.29, 1.82) is 0 Å². The van der Waals surface area contributed by atoms with Crippen molar-refractivity contribution in [2.45, 2.75) is 41.6 Å². The molecule has 3 aromatic rings. The van der Waals surface area contributed by atoms with Crippen molar-refractivity contribution >= 4 is 41.2 Å². The zero-order chi connectivity index (χ0) is 35.6. The summed E-state index contributed by atoms with van der Waals surface area (Å²) in [6.07, 6.45) is 5.85. The molecule has 5 heterocycles. The smallest absolute Gasteiger partial charge is 0.378 e. The zero-order valence-electron chi connectivity index (χ0n) is 27.3. The van der Waals surface area contributed by atoms with Gasteiger partial charge in [0.1, 0.15) is 5.54 Å². The van der Waals surface area contributed by atoms with Gasteiger partial charge in [-0.25, -0.2) is 9.69 Å². The van der Waals surface area contributed by atoms with Gasteiger partial charge < -0.3 is 24.6 Å². The molecule has 50 heavy (non-hydrogen) atoms. The largest absolute Gasteiger partial charge is 0.446 e. The van der Waals surface area contributed by atoms with E-state index in [4.69, 9.17) is 9.47 Å². The number of urea groups is 1. The number of alkyl halides is 3. The summed E-state index contributed by atoms with van der Waals surface area (Å²) < 4.78 is 50.0. The maximum absolute atomic E-state index is 14.9. The molecule has 5 amide bonds. The molecule has 3 aliphatic heterocycles. The second-order valence-electron chi connectivity index (χ2n) is 12.2. The highest BCUT2D eigenvalue weighted by molar-refractivity contribution is 8.00. The summed E-state index contributed by atoms with van der Waals surface area (Å²) in [5.74, 6) is -3.11. The van der Waals surface area contributed by atoms with Gasteiger partial charge in [0.15, 0.2) is 0 Å². The molecule has 3 aliphatic rings. The third kappa shape index (κ3) is 6.79. The van der Waals surface area contributed by atoms with E-state index in [9.17, 15) is 32.3 Å². The molecule has 0 spiro atoms. The number of pyridine rings is 2. The molecule has 6 rings (SSSR count). The fourth-order valence-electron chi connectivity index (χ4n) is 6.84. The van der Waals surface area contributed by atoms with Crippen LogP contribution in [0, 0.1) is 0 Å². The van der Waals surface area contributed by atoms with Gasteiger partial charge >= 0.3 is 11.5 Å². The standard InChI is InChI=1S/C34H35F3N6O6S/c1-21(25-7-9-38-19-27(25)29(44)41-11-15-48-16-12-41)33(22(2)26-8-10-39-20-28(26)30(45)42-13-17-49-18-14-42)31(46)43(32(47)40-33)23-3-5-24(6-4-23)50-34(35,36)37/h3-10,19-22H,11-18H2,1-2H3,(H,40,47). The highest BCUT2D eigenvalue weighted by Gasteiger charge is 2.59. The number of amides is 5. The van der Waals surface area contributed by atoms with Crippen molar-refractivity contribution in [1.82, 2.24) is 25.1 Å². The van der Waals surface area contributed by atoms with Gasteiger partial charge in [0.05, 0.1) is 43.2 Å². The van der Waals surface area contributed by atoms with Crippen LogP contribution in [0.15, 0.2) is 66.1 Å². The zero-order valence-corrected chi connectivity index (χ0v) is 28.1. The number of nitrogens with zero attached hydrogens (tertiary/aromatic N) is 5. The number of thioether (sulfide) groups is 1. The summed E-state index contributed by atoms with van der Waals surface area (Å²) in [6, 6.07) is 7.37. The second kappa shape index (κ2) is 14.4. The number of carbonyl (C=O) groups is 4. The summed E-state index contributed by atoms with van der Waals surface area (Å²) >= 11 is -0.314. The van der Waals surface area contributed by atoms with E-state index in [0.29, 0.717) is 63.7 Å². The number of aromatic nitrogens is 2. The monoisotopic (exact) mass is 712 g/mol. The highest BCUT2D eigenvalue weighted by Crippen LogP contribution is 2.47. The Kier molecular flexibility index (Phi) is 10.1. The fourth-order valence-corrected chi connectivity index (χ4v) is 7.38. The van der Waals surface area contributed by atoms with Crippen molar-refractivity contribution in [2.24, 2.45) is 0 Å². The Labute approximate surface area is 290 Å². The van der Waals surface area contributed by atoms with Crippen LogP contribution >= 0.6 is 11.8 Å². The molecule has 12 nitrogen and oxygen atoms in total. The van der Waals surface area contributed by atoms with Crippen LogP contribution in [-0.2, 0) is 14.3 Å². The Balaban J connectivity index is 1.45. The minimum atomic E-state index is -4.52. The molecule has 16 heteroatoms. The normalized spacial score (nSPS) is 21.2. The third-order valence-corrected chi connectivity index (χ3v) is 10.2. The number of halogens is 3. The van der Waals surface area contributed by atoms with Crippen LogP contribution in [0.25, 0.3) is 0 Å². The van der Waals surface area contributed by atoms with Gasteiger partial charge in [0.2, 0.25) is 0 Å². The predicted octanol–water partition coefficient (Wildman–Crippen LogP) is 4.44. The second-order valence-corrected chi connectivity index (χ2v) is 13.3. The quantitative estimate of drug-likeness (QED) is 0.266. The van der Waals surface area contributed by atoms with E-state index in [1.807, 2.05) is 0 Å². The summed E-state index contributed by atoms with van der Waals surface area (Å²) in [4.78, 5) is 69.1. The van der Waals surface area contributed by atoms with Crippen molar-refractivity contribution in [3.8, 4) is 0 Å². The lowest BCUT2D eigenvalue weighted by atomic mass is 9.68. The van der Waals surface area contributed by atoms with E-state index in [1.54, 1.807) is 35.8 Å². The first-order valence-electron chi connectivity index (χ1n) is 16.1. The highest BCUT2D eigenvalue weighted by atomic mass is 32.2. The van der Waals surface area contributed by atoms with E-state index in [0.717, 1.165) is 4.90 Å². The number of ether oxygens (including phenoxy) is 2. The fraction of sp³-hybridized carbons (Fsp3) is 0.412. The van der Waals surface area contributed by atoms with Gasteiger partial charge in [-0.1, -0.05) is 13.8 Å². The SMILES string of the molecule is CC(c1ccncc1C(=O)N1CCOCC1)C1(C(C)c2ccncc2C(=O)N2CCOCC2)NC(=O)N(c2ccc(SC(F)(F)F)cc2)C1=O. The number of rotatable bonds is 8. The molecule has 3 saturated heterocycles. The first-order chi connectivity index (χ1) is 23.9. The molecule has 264 valence electrons. The van der Waals surface area contributed by atoms with E-state index >= 15 is 0 Å². The van der Waals surface area contributed by atoms with E-state index in [1.165, 1.54) is 49.1 Å². The van der Waals surface area contributed by atoms with Crippen LogP contribution in [0.5, 0.6) is 0 Å². The van der Waals surface area contributed by atoms with Crippen LogP contribution in [0.3, 0.4) is 0 Å². The lowest BCUT2D eigenvalue weighted by molar-refractivity contribution is -0.123. The average Bonchev–Trinajstić information content (AvgIpc) is 3.40. The lowest BCUT2D eigenvalue weighted by Crippen LogP contribution is -2.56. The van der Waals surface area contributed by atoms with Crippen molar-refractivity contribution < 1.29 is 41.8 Å². The third-order valence-electron chi connectivity index (χ3n) is 9.47. The topological polar surface area (TPSA) is 134 Å². The Morgan fingerprint density at radius 3 is 1.70 bits per heavy atom. The number of hydrogen-bond acceptors (Lipinski definition) is 9. The Hall–Kier alpha value is -4.54. The maximum atomic E-state index is 14.9. The molecule has 0 bridgehead atoms. The Morgan fingerprint density at radius 1 is 0.800 bits per heavy atom. The maximum Gasteiger partial charge on any atom is 0.446 e. The molecule has 1 N–H and O–H groups in total. The van der Waals surface area contributed by atoms with Crippen LogP contribution in [0.4, 0.5) is 23.7 Å². The predicted molar refractivity (Wildman–Crippen MR) is 176 cm³/mol. The minimum absolute atomic E-state index is 0.0546. The first kappa shape index (κ1) is 35.3. The molecule has 2 atom stereocenters. The molecule has 0 aliphatic carbocycles. The van der Waals surface area contributed by atoms with Gasteiger partial charge in [-0.15, -0.1) is 0 Å². The number of benzene rings is 1. The van der Waals surface area contributed by atoms with E-state index < -0.39 is 34.8 Å². The van der Waals surface area contributed by atoms with Crippen LogP contribution in [0.2, 0.25) is 0 Å². The summed E-state index contributed by atoms with van der Waals surface area (Å²) in [7, 11) is 0.